The molecule has 46 heavy (non-hydrogen) atoms. The van der Waals surface area contributed by atoms with Crippen molar-refractivity contribution in [3.63, 3.8) is 0 Å². The van der Waals surface area contributed by atoms with Gasteiger partial charge < -0.3 is 10.5 Å². The summed E-state index contributed by atoms with van der Waals surface area (Å²) >= 11 is 0. The number of hydrogen-bond acceptors (Lipinski definition) is 8. The molecule has 3 amide bonds. The molecule has 13 heteroatoms. The summed E-state index contributed by atoms with van der Waals surface area (Å²) in [5.74, 6) is 1.19. The van der Waals surface area contributed by atoms with Crippen LogP contribution in [0.1, 0.15) is 62.5 Å². The maximum atomic E-state index is 13.3. The lowest BCUT2D eigenvalue weighted by Crippen LogP contribution is -2.49. The highest BCUT2D eigenvalue weighted by atomic mass is 32.2. The lowest BCUT2D eigenvalue weighted by atomic mass is 9.88. The maximum absolute atomic E-state index is 13.3. The van der Waals surface area contributed by atoms with Crippen LogP contribution in [0.5, 0.6) is 5.75 Å². The monoisotopic (exact) mass is 646 g/mol. The number of ether oxygens (including phenoxy) is 1. The summed E-state index contributed by atoms with van der Waals surface area (Å²) in [6.45, 7) is 6.15. The summed E-state index contributed by atoms with van der Waals surface area (Å²) in [7, 11) is 0.559. The molecular weight excluding hydrogens is 604 g/mol. The molecule has 3 aliphatic heterocycles. The van der Waals surface area contributed by atoms with Gasteiger partial charge in [0.25, 0.3) is 0 Å². The van der Waals surface area contributed by atoms with E-state index in [1.54, 1.807) is 22.9 Å². The van der Waals surface area contributed by atoms with Crippen LogP contribution < -0.4 is 20.7 Å². The predicted molar refractivity (Wildman–Crippen MR) is 176 cm³/mol. The quantitative estimate of drug-likeness (QED) is 0.359. The molecule has 6 rings (SSSR count). The van der Waals surface area contributed by atoms with Crippen LogP contribution in [0.15, 0.2) is 41.3 Å². The summed E-state index contributed by atoms with van der Waals surface area (Å²) in [5.41, 5.74) is 8.68. The molecule has 0 spiro atoms. The van der Waals surface area contributed by atoms with E-state index in [0.717, 1.165) is 56.1 Å². The number of amides is 3. The topological polar surface area (TPSA) is 150 Å². The molecule has 3 fully saturated rings. The molecule has 0 saturated carbocycles. The number of nitrogens with zero attached hydrogens (tertiary/aromatic N) is 6. The molecule has 3 N–H and O–H groups in total. The number of nitrogens with one attached hydrogen (secondary N) is 1. The van der Waals surface area contributed by atoms with E-state index in [-0.39, 0.29) is 24.4 Å². The number of aromatic nitrogens is 2. The summed E-state index contributed by atoms with van der Waals surface area (Å²) in [4.78, 5) is 28.7. The fourth-order valence-electron chi connectivity index (χ4n) is 6.75. The number of nitrogens with two attached hydrogens (primary N) is 1. The van der Waals surface area contributed by atoms with E-state index < -0.39 is 17.0 Å². The van der Waals surface area contributed by atoms with Crippen molar-refractivity contribution in [3.05, 3.63) is 47.5 Å². The summed E-state index contributed by atoms with van der Waals surface area (Å²) in [6.07, 6.45) is 4.81. The van der Waals surface area contributed by atoms with Gasteiger partial charge in [-0.2, -0.15) is 10.4 Å². The van der Waals surface area contributed by atoms with Gasteiger partial charge in [0.2, 0.25) is 5.91 Å². The maximum Gasteiger partial charge on any atom is 0.329 e. The average molecular weight is 647 g/mol. The normalized spacial score (nSPS) is 20.4. The largest absolute Gasteiger partial charge is 0.491 e. The van der Waals surface area contributed by atoms with Crippen LogP contribution in [0.4, 0.5) is 10.6 Å². The van der Waals surface area contributed by atoms with Gasteiger partial charge in [0.1, 0.15) is 29.4 Å². The van der Waals surface area contributed by atoms with E-state index in [9.17, 15) is 19.1 Å². The van der Waals surface area contributed by atoms with Crippen molar-refractivity contribution in [2.24, 2.45) is 12.8 Å². The number of anilines is 1. The Labute approximate surface area is 272 Å². The second kappa shape index (κ2) is 13.9. The number of aryl methyl sites for hydroxylation is 1. The number of nitriles is 1. The second-order valence-electron chi connectivity index (χ2n) is 12.4. The lowest BCUT2D eigenvalue weighted by molar-refractivity contribution is -0.120. The summed E-state index contributed by atoms with van der Waals surface area (Å²) in [6, 6.07) is 13.7. The zero-order valence-electron chi connectivity index (χ0n) is 26.5. The molecule has 3 aromatic rings. The van der Waals surface area contributed by atoms with Crippen molar-refractivity contribution >= 4 is 39.6 Å². The predicted octanol–water partition coefficient (Wildman–Crippen LogP) is 3.37. The number of likely N-dealkylation sites (tertiary alicyclic amines) is 1. The first-order valence-electron chi connectivity index (χ1n) is 16.2. The van der Waals surface area contributed by atoms with Gasteiger partial charge in [0.15, 0.2) is 5.82 Å². The van der Waals surface area contributed by atoms with Crippen LogP contribution in [0.25, 0.3) is 10.9 Å². The van der Waals surface area contributed by atoms with Gasteiger partial charge >= 0.3 is 6.03 Å². The minimum atomic E-state index is -1.32. The van der Waals surface area contributed by atoms with Crippen LogP contribution >= 0.6 is 0 Å². The molecule has 4 heterocycles. The number of carbonyl (C=O) groups is 2. The number of urea groups is 1. The lowest BCUT2D eigenvalue weighted by Gasteiger charge is -2.37. The molecule has 2 unspecified atom stereocenters. The number of benzene rings is 2. The zero-order valence-corrected chi connectivity index (χ0v) is 27.3. The van der Waals surface area contributed by atoms with Crippen molar-refractivity contribution in [3.8, 4) is 11.8 Å². The molecule has 2 atom stereocenters. The molecule has 3 saturated heterocycles. The Morgan fingerprint density at radius 2 is 1.85 bits per heavy atom. The molecule has 12 nitrogen and oxygen atoms in total. The van der Waals surface area contributed by atoms with Crippen LogP contribution in [0, 0.1) is 11.3 Å². The van der Waals surface area contributed by atoms with Gasteiger partial charge in [-0.15, -0.1) is 0 Å². The van der Waals surface area contributed by atoms with E-state index in [0.29, 0.717) is 54.2 Å². The number of rotatable bonds is 9. The van der Waals surface area contributed by atoms with Crippen molar-refractivity contribution in [1.82, 2.24) is 24.3 Å². The van der Waals surface area contributed by atoms with E-state index >= 15 is 0 Å². The van der Waals surface area contributed by atoms with E-state index in [4.69, 9.17) is 10.5 Å². The fourth-order valence-corrected chi connectivity index (χ4v) is 7.99. The second-order valence-corrected chi connectivity index (χ2v) is 13.9. The van der Waals surface area contributed by atoms with Crippen molar-refractivity contribution in [2.75, 3.05) is 44.2 Å². The van der Waals surface area contributed by atoms with Gasteiger partial charge in [-0.3, -0.25) is 24.6 Å². The standard InChI is InChI=1S/C33H42N8O4S/c1-3-26(21-45-30-19-27(6-4-24(30)20-34)46(44)40-15-10-25(35)11-16-40)39-13-8-22(9-14-39)23-5-7-28-29(18-23)38(2)37-32(28)41-17-12-31(42)36-33(41)43/h4-7,18-19,22,25-26H,3,8-17,21,35H2,1-2H3,(H,36,42,43). The third kappa shape index (κ3) is 6.66. The Morgan fingerprint density at radius 3 is 2.54 bits per heavy atom. The molecule has 2 aromatic carbocycles. The molecule has 244 valence electrons. The molecule has 0 aliphatic carbocycles. The molecule has 0 bridgehead atoms. The highest BCUT2D eigenvalue weighted by molar-refractivity contribution is 7.82. The summed E-state index contributed by atoms with van der Waals surface area (Å²) < 4.78 is 23.3. The van der Waals surface area contributed by atoms with Crippen LogP contribution in [-0.4, -0.2) is 86.5 Å². The third-order valence-electron chi connectivity index (χ3n) is 9.59. The Morgan fingerprint density at radius 1 is 1.09 bits per heavy atom. The minimum absolute atomic E-state index is 0.160. The molecule has 1 aromatic heterocycles. The van der Waals surface area contributed by atoms with Crippen LogP contribution in [0.2, 0.25) is 0 Å². The smallest absolute Gasteiger partial charge is 0.329 e. The number of imide groups is 1. The first-order chi connectivity index (χ1) is 22.2. The van der Waals surface area contributed by atoms with Gasteiger partial charge in [-0.1, -0.05) is 13.0 Å². The summed E-state index contributed by atoms with van der Waals surface area (Å²) in [5, 5.41) is 17.6. The zero-order chi connectivity index (χ0) is 32.4. The van der Waals surface area contributed by atoms with Gasteiger partial charge in [-0.25, -0.2) is 13.3 Å². The van der Waals surface area contributed by atoms with Crippen molar-refractivity contribution in [2.45, 2.75) is 68.3 Å². The Balaban J connectivity index is 1.08. The van der Waals surface area contributed by atoms with Crippen molar-refractivity contribution in [1.29, 1.82) is 5.26 Å². The van der Waals surface area contributed by atoms with Gasteiger partial charge in [-0.05, 0) is 87.0 Å². The number of carbonyl (C=O) groups excluding carboxylic acids is 2. The van der Waals surface area contributed by atoms with E-state index in [1.807, 2.05) is 17.4 Å². The molecular formula is C33H42N8O4S. The highest BCUT2D eigenvalue weighted by Crippen LogP contribution is 2.34. The van der Waals surface area contributed by atoms with E-state index in [2.05, 4.69) is 40.4 Å². The molecule has 3 aliphatic rings. The van der Waals surface area contributed by atoms with Crippen LogP contribution in [-0.2, 0) is 22.8 Å². The SMILES string of the molecule is CCC(COc1cc(S(=O)N2CCC(N)CC2)ccc1C#N)N1CCC(c2ccc3c(N4CCC(=O)NC4=O)nn(C)c3c2)CC1. The first kappa shape index (κ1) is 32.1. The first-order valence-corrected chi connectivity index (χ1v) is 17.3. The minimum Gasteiger partial charge on any atom is -0.491 e. The van der Waals surface area contributed by atoms with E-state index in [1.165, 1.54) is 10.5 Å². The van der Waals surface area contributed by atoms with Gasteiger partial charge in [0, 0.05) is 50.6 Å². The van der Waals surface area contributed by atoms with Crippen LogP contribution in [0.3, 0.4) is 0 Å². The Hall–Kier alpha value is -3.83. The number of hydrogen-bond donors (Lipinski definition) is 2. The highest BCUT2D eigenvalue weighted by Gasteiger charge is 2.30. The Bertz CT molecular complexity index is 1670. The third-order valence-corrected chi connectivity index (χ3v) is 11.1. The Kier molecular flexibility index (Phi) is 9.70. The fraction of sp³-hybridized carbons (Fsp3) is 0.515. The average Bonchev–Trinajstić information content (AvgIpc) is 3.40. The van der Waals surface area contributed by atoms with Crippen molar-refractivity contribution < 1.29 is 18.5 Å². The van der Waals surface area contributed by atoms with Gasteiger partial charge in [0.05, 0.1) is 16.0 Å². The number of piperidine rings is 2. The molecule has 0 radical (unpaired) electrons. The number of fused-ring (bicyclic) bond motifs is 1.